The van der Waals surface area contributed by atoms with E-state index in [-0.39, 0.29) is 33.8 Å². The van der Waals surface area contributed by atoms with Gasteiger partial charge >= 0.3 is 11.9 Å². The molecule has 9 heteroatoms. The van der Waals surface area contributed by atoms with Gasteiger partial charge in [-0.05, 0) is 48.2 Å². The van der Waals surface area contributed by atoms with Crippen LogP contribution in [0.3, 0.4) is 0 Å². The summed E-state index contributed by atoms with van der Waals surface area (Å²) >= 11 is 0. The maximum Gasteiger partial charge on any atom is 0.346 e. The van der Waals surface area contributed by atoms with Gasteiger partial charge in [-0.3, -0.25) is 20.2 Å². The summed E-state index contributed by atoms with van der Waals surface area (Å²) in [6, 6.07) is 8.11. The van der Waals surface area contributed by atoms with E-state index in [1.54, 1.807) is 52.0 Å². The molecule has 9 nitrogen and oxygen atoms in total. The minimum absolute atomic E-state index is 0.159. The van der Waals surface area contributed by atoms with Gasteiger partial charge in [0, 0.05) is 35.5 Å². The smallest absolute Gasteiger partial charge is 0.346 e. The van der Waals surface area contributed by atoms with Gasteiger partial charge in [0.2, 0.25) is 12.1 Å². The third-order valence-corrected chi connectivity index (χ3v) is 5.97. The first-order valence-electron chi connectivity index (χ1n) is 10.8. The van der Waals surface area contributed by atoms with E-state index in [9.17, 15) is 29.8 Å². The fourth-order valence-electron chi connectivity index (χ4n) is 3.69. The number of nitro groups is 2. The van der Waals surface area contributed by atoms with Crippen molar-refractivity contribution in [1.82, 2.24) is 0 Å². The lowest BCUT2D eigenvalue weighted by atomic mass is 9.95. The molecule has 0 saturated heterocycles. The molecule has 0 radical (unpaired) electrons. The molecule has 0 saturated carbocycles. The summed E-state index contributed by atoms with van der Waals surface area (Å²) in [7, 11) is 0. The Morgan fingerprint density at radius 2 is 1.15 bits per heavy atom. The molecule has 0 bridgehead atoms. The number of hydrogen-bond acceptors (Lipinski definition) is 7. The van der Waals surface area contributed by atoms with Crippen LogP contribution >= 0.6 is 0 Å². The van der Waals surface area contributed by atoms with Gasteiger partial charge in [0.15, 0.2) is 0 Å². The molecule has 0 heterocycles. The molecule has 2 aromatic rings. The summed E-state index contributed by atoms with van der Waals surface area (Å²) in [5, 5.41) is 22.4. The van der Waals surface area contributed by atoms with Gasteiger partial charge in [0.25, 0.3) is 0 Å². The number of benzene rings is 2. The zero-order valence-corrected chi connectivity index (χ0v) is 19.2. The van der Waals surface area contributed by atoms with Crippen molar-refractivity contribution in [1.29, 1.82) is 0 Å². The van der Waals surface area contributed by atoms with Crippen LogP contribution in [0.25, 0.3) is 0 Å². The molecule has 2 atom stereocenters. The summed E-state index contributed by atoms with van der Waals surface area (Å²) in [4.78, 5) is 47.1. The molecule has 33 heavy (non-hydrogen) atoms. The number of nitrogens with zero attached hydrogens (tertiary/aromatic N) is 2. The van der Waals surface area contributed by atoms with Crippen molar-refractivity contribution in [3.63, 3.8) is 0 Å². The molecule has 2 rings (SSSR count). The van der Waals surface area contributed by atoms with Crippen LogP contribution in [0, 0.1) is 34.1 Å². The maximum atomic E-state index is 12.7. The van der Waals surface area contributed by atoms with E-state index < -0.39 is 24.0 Å². The molecule has 0 amide bonds. The monoisotopic (exact) mass is 456 g/mol. The van der Waals surface area contributed by atoms with Crippen LogP contribution < -0.4 is 0 Å². The van der Waals surface area contributed by atoms with Gasteiger partial charge in [-0.25, -0.2) is 9.59 Å². The molecule has 0 N–H and O–H groups in total. The molecule has 2 aromatic carbocycles. The van der Waals surface area contributed by atoms with Gasteiger partial charge < -0.3 is 4.74 Å². The molecule has 2 unspecified atom stereocenters. The summed E-state index contributed by atoms with van der Waals surface area (Å²) in [5.74, 6) is -1.70. The van der Waals surface area contributed by atoms with Gasteiger partial charge in [-0.2, -0.15) is 0 Å². The highest BCUT2D eigenvalue weighted by Crippen LogP contribution is 2.21. The van der Waals surface area contributed by atoms with Gasteiger partial charge in [-0.1, -0.05) is 38.1 Å². The van der Waals surface area contributed by atoms with Crippen molar-refractivity contribution >= 4 is 11.9 Å². The van der Waals surface area contributed by atoms with Crippen LogP contribution in [-0.2, 0) is 17.6 Å². The standard InChI is InChI=1S/C24H28N2O7/c1-5-19(25(29)30)13-17-9-7-11-21(15(17)3)23(27)33-24(28)22-12-8-10-18(16(22)4)14-20(6-2)26(31)32/h7-12,19-20H,5-6,13-14H2,1-4H3. The number of esters is 2. The third kappa shape index (κ3) is 6.21. The quantitative estimate of drug-likeness (QED) is 0.223. The molecule has 0 aromatic heterocycles. The van der Waals surface area contributed by atoms with Crippen molar-refractivity contribution in [3.05, 3.63) is 90.0 Å². The number of carbonyl (C=O) groups is 2. The van der Waals surface area contributed by atoms with E-state index in [1.165, 1.54) is 12.1 Å². The lowest BCUT2D eigenvalue weighted by Crippen LogP contribution is -2.23. The predicted molar refractivity (Wildman–Crippen MR) is 122 cm³/mol. The number of rotatable bonds is 10. The van der Waals surface area contributed by atoms with E-state index in [2.05, 4.69) is 0 Å². The molecule has 0 aliphatic heterocycles. The Kier molecular flexibility index (Phi) is 8.78. The van der Waals surface area contributed by atoms with Crippen LogP contribution in [0.4, 0.5) is 0 Å². The molecule has 176 valence electrons. The minimum Gasteiger partial charge on any atom is -0.386 e. The predicted octanol–water partition coefficient (Wildman–Crippen LogP) is 4.50. The number of carbonyl (C=O) groups excluding carboxylic acids is 2. The van der Waals surface area contributed by atoms with Gasteiger partial charge in [-0.15, -0.1) is 0 Å². The van der Waals surface area contributed by atoms with E-state index in [4.69, 9.17) is 4.74 Å². The Hall–Kier alpha value is -3.62. The SMILES string of the molecule is CCC(Cc1cccc(C(=O)OC(=O)c2cccc(CC(CC)[N+](=O)[O-])c2C)c1C)[N+](=O)[O-]. The van der Waals surface area contributed by atoms with Crippen molar-refractivity contribution < 1.29 is 24.2 Å². The third-order valence-electron chi connectivity index (χ3n) is 5.97. The normalized spacial score (nSPS) is 12.6. The summed E-state index contributed by atoms with van der Waals surface area (Å²) < 4.78 is 5.11. The second-order valence-electron chi connectivity index (χ2n) is 7.96. The molecule has 0 fully saturated rings. The Morgan fingerprint density at radius 3 is 1.45 bits per heavy atom. The van der Waals surface area contributed by atoms with Crippen molar-refractivity contribution in [2.24, 2.45) is 0 Å². The zero-order chi connectivity index (χ0) is 24.7. The first-order chi connectivity index (χ1) is 15.6. The zero-order valence-electron chi connectivity index (χ0n) is 19.2. The summed E-state index contributed by atoms with van der Waals surface area (Å²) in [5.41, 5.74) is 2.66. The molecule has 0 aliphatic carbocycles. The van der Waals surface area contributed by atoms with Crippen molar-refractivity contribution in [3.8, 4) is 0 Å². The second-order valence-corrected chi connectivity index (χ2v) is 7.96. The topological polar surface area (TPSA) is 130 Å². The van der Waals surface area contributed by atoms with Gasteiger partial charge in [0.1, 0.15) is 0 Å². The van der Waals surface area contributed by atoms with E-state index in [0.29, 0.717) is 35.1 Å². The Bertz CT molecular complexity index is 981. The molecule has 0 spiro atoms. The van der Waals surface area contributed by atoms with Crippen LogP contribution in [0.1, 0.15) is 69.7 Å². The highest BCUT2D eigenvalue weighted by atomic mass is 16.6. The number of hydrogen-bond donors (Lipinski definition) is 0. The van der Waals surface area contributed by atoms with Gasteiger partial charge in [0.05, 0.1) is 11.1 Å². The lowest BCUT2D eigenvalue weighted by Gasteiger charge is -2.14. The molecular weight excluding hydrogens is 428 g/mol. The molecule has 0 aliphatic rings. The summed E-state index contributed by atoms with van der Waals surface area (Å²) in [6.45, 7) is 6.78. The first-order valence-corrected chi connectivity index (χ1v) is 10.8. The average Bonchev–Trinajstić information content (AvgIpc) is 2.76. The minimum atomic E-state index is -0.852. The van der Waals surface area contributed by atoms with E-state index >= 15 is 0 Å². The highest BCUT2D eigenvalue weighted by Gasteiger charge is 2.25. The van der Waals surface area contributed by atoms with E-state index in [1.807, 2.05) is 0 Å². The largest absolute Gasteiger partial charge is 0.386 e. The second kappa shape index (κ2) is 11.3. The highest BCUT2D eigenvalue weighted by molar-refractivity contribution is 6.04. The number of ether oxygens (including phenoxy) is 1. The first kappa shape index (κ1) is 25.6. The fraction of sp³-hybridized carbons (Fsp3) is 0.417. The van der Waals surface area contributed by atoms with Crippen molar-refractivity contribution in [2.45, 2.75) is 65.5 Å². The lowest BCUT2D eigenvalue weighted by molar-refractivity contribution is -0.522. The maximum absolute atomic E-state index is 12.7. The van der Waals surface area contributed by atoms with Crippen LogP contribution in [0.2, 0.25) is 0 Å². The fourth-order valence-corrected chi connectivity index (χ4v) is 3.69. The van der Waals surface area contributed by atoms with Crippen LogP contribution in [0.5, 0.6) is 0 Å². The van der Waals surface area contributed by atoms with Crippen LogP contribution in [-0.4, -0.2) is 33.9 Å². The molecular formula is C24H28N2O7. The Balaban J connectivity index is 2.24. The average molecular weight is 456 g/mol. The van der Waals surface area contributed by atoms with Crippen molar-refractivity contribution in [2.75, 3.05) is 0 Å². The Morgan fingerprint density at radius 1 is 0.788 bits per heavy atom. The Labute approximate surface area is 192 Å². The van der Waals surface area contributed by atoms with Crippen LogP contribution in [0.15, 0.2) is 36.4 Å². The van der Waals surface area contributed by atoms with E-state index in [0.717, 1.165) is 0 Å². The summed E-state index contributed by atoms with van der Waals surface area (Å²) in [6.07, 6.45) is 1.04.